The van der Waals surface area contributed by atoms with E-state index in [1.807, 2.05) is 6.07 Å². The number of piperazine rings is 1. The van der Waals surface area contributed by atoms with Gasteiger partial charge >= 0.3 is 0 Å². The van der Waals surface area contributed by atoms with Crippen LogP contribution in [0.3, 0.4) is 0 Å². The number of hydrogen-bond donors (Lipinski definition) is 2. The van der Waals surface area contributed by atoms with Crippen LogP contribution in [0.5, 0.6) is 0 Å². The highest BCUT2D eigenvalue weighted by atomic mass is 19.1. The molecule has 1 heterocycles. The van der Waals surface area contributed by atoms with Crippen LogP contribution in [-0.2, 0) is 0 Å². The highest BCUT2D eigenvalue weighted by molar-refractivity contribution is 5.45. The minimum absolute atomic E-state index is 0.139. The average Bonchev–Trinajstić information content (AvgIpc) is 2.43. The van der Waals surface area contributed by atoms with Gasteiger partial charge in [-0.2, -0.15) is 0 Å². The molecule has 1 aromatic rings. The van der Waals surface area contributed by atoms with Crippen LogP contribution in [-0.4, -0.2) is 43.7 Å². The smallest absolute Gasteiger partial charge is 0.126 e. The zero-order valence-electron chi connectivity index (χ0n) is 11.9. The Morgan fingerprint density at radius 2 is 2.11 bits per heavy atom. The number of benzene rings is 1. The zero-order chi connectivity index (χ0) is 13.7. The normalized spacial score (nSPS) is 18.3. The molecule has 1 atom stereocenters. The van der Waals surface area contributed by atoms with Crippen molar-refractivity contribution in [3.8, 4) is 0 Å². The first-order valence-corrected chi connectivity index (χ1v) is 7.11. The van der Waals surface area contributed by atoms with E-state index >= 15 is 0 Å². The molecule has 106 valence electrons. The summed E-state index contributed by atoms with van der Waals surface area (Å²) in [5.74, 6) is -0.139. The summed E-state index contributed by atoms with van der Waals surface area (Å²) >= 11 is 0. The predicted molar refractivity (Wildman–Crippen MR) is 78.1 cm³/mol. The quantitative estimate of drug-likeness (QED) is 0.855. The molecule has 0 saturated carbocycles. The van der Waals surface area contributed by atoms with Gasteiger partial charge in [0.05, 0.1) is 0 Å². The van der Waals surface area contributed by atoms with E-state index in [1.54, 1.807) is 13.0 Å². The molecule has 3 nitrogen and oxygen atoms in total. The minimum atomic E-state index is -0.139. The second kappa shape index (κ2) is 6.87. The third kappa shape index (κ3) is 4.18. The summed E-state index contributed by atoms with van der Waals surface area (Å²) in [6.45, 7) is 9.46. The SMILES string of the molecule is Cc1cc(NCCC(C)N2CCNCC2)ccc1F. The molecule has 1 saturated heterocycles. The highest BCUT2D eigenvalue weighted by Gasteiger charge is 2.15. The van der Waals surface area contributed by atoms with Gasteiger partial charge in [-0.25, -0.2) is 4.39 Å². The fraction of sp³-hybridized carbons (Fsp3) is 0.600. The van der Waals surface area contributed by atoms with Crippen molar-refractivity contribution in [3.05, 3.63) is 29.6 Å². The van der Waals surface area contributed by atoms with Crippen molar-refractivity contribution in [1.82, 2.24) is 10.2 Å². The summed E-state index contributed by atoms with van der Waals surface area (Å²) in [6, 6.07) is 5.79. The first-order chi connectivity index (χ1) is 9.16. The molecule has 1 aromatic carbocycles. The molecule has 1 unspecified atom stereocenters. The van der Waals surface area contributed by atoms with Crippen molar-refractivity contribution in [2.45, 2.75) is 26.3 Å². The standard InChI is InChI=1S/C15H24FN3/c1-12-11-14(3-4-15(12)16)18-6-5-13(2)19-9-7-17-8-10-19/h3-4,11,13,17-18H,5-10H2,1-2H3. The van der Waals surface area contributed by atoms with Crippen molar-refractivity contribution in [3.63, 3.8) is 0 Å². The van der Waals surface area contributed by atoms with E-state index in [9.17, 15) is 4.39 Å². The summed E-state index contributed by atoms with van der Waals surface area (Å²) in [4.78, 5) is 2.52. The van der Waals surface area contributed by atoms with Gasteiger partial charge in [0.15, 0.2) is 0 Å². The van der Waals surface area contributed by atoms with E-state index in [0.29, 0.717) is 11.6 Å². The predicted octanol–water partition coefficient (Wildman–Crippen LogP) is 2.23. The number of halogens is 1. The van der Waals surface area contributed by atoms with Crippen molar-refractivity contribution in [2.24, 2.45) is 0 Å². The molecule has 1 fully saturated rings. The van der Waals surface area contributed by atoms with Crippen LogP contribution in [0.2, 0.25) is 0 Å². The Kier molecular flexibility index (Phi) is 5.16. The van der Waals surface area contributed by atoms with E-state index in [4.69, 9.17) is 0 Å². The lowest BCUT2D eigenvalue weighted by Gasteiger charge is -2.32. The molecule has 4 heteroatoms. The molecule has 1 aliphatic rings. The van der Waals surface area contributed by atoms with E-state index in [0.717, 1.165) is 44.8 Å². The maximum absolute atomic E-state index is 13.2. The van der Waals surface area contributed by atoms with Crippen molar-refractivity contribution < 1.29 is 4.39 Å². The van der Waals surface area contributed by atoms with E-state index < -0.39 is 0 Å². The van der Waals surface area contributed by atoms with Gasteiger partial charge in [-0.05, 0) is 44.0 Å². The van der Waals surface area contributed by atoms with Gasteiger partial charge < -0.3 is 10.6 Å². The second-order valence-electron chi connectivity index (χ2n) is 5.31. The van der Waals surface area contributed by atoms with Gasteiger partial charge in [0, 0.05) is 44.5 Å². The second-order valence-corrected chi connectivity index (χ2v) is 5.31. The lowest BCUT2D eigenvalue weighted by molar-refractivity contribution is 0.179. The van der Waals surface area contributed by atoms with Crippen LogP contribution >= 0.6 is 0 Å². The molecular formula is C15H24FN3. The van der Waals surface area contributed by atoms with Crippen molar-refractivity contribution >= 4 is 5.69 Å². The number of hydrogen-bond acceptors (Lipinski definition) is 3. The first kappa shape index (κ1) is 14.3. The third-order valence-electron chi connectivity index (χ3n) is 3.82. The largest absolute Gasteiger partial charge is 0.385 e. The number of nitrogens with zero attached hydrogens (tertiary/aromatic N) is 1. The number of aryl methyl sites for hydroxylation is 1. The van der Waals surface area contributed by atoms with E-state index in [-0.39, 0.29) is 5.82 Å². The Balaban J connectivity index is 1.74. The van der Waals surface area contributed by atoms with Gasteiger partial charge in [-0.1, -0.05) is 0 Å². The van der Waals surface area contributed by atoms with E-state index in [2.05, 4.69) is 22.5 Å². The first-order valence-electron chi connectivity index (χ1n) is 7.11. The Bertz CT molecular complexity index is 402. The van der Waals surface area contributed by atoms with Gasteiger partial charge in [0.2, 0.25) is 0 Å². The monoisotopic (exact) mass is 265 g/mol. The molecule has 0 radical (unpaired) electrons. The lowest BCUT2D eigenvalue weighted by Crippen LogP contribution is -2.47. The molecule has 0 bridgehead atoms. The average molecular weight is 265 g/mol. The van der Waals surface area contributed by atoms with Crippen molar-refractivity contribution in [1.29, 1.82) is 0 Å². The summed E-state index contributed by atoms with van der Waals surface area (Å²) in [5.41, 5.74) is 1.70. The summed E-state index contributed by atoms with van der Waals surface area (Å²) in [7, 11) is 0. The van der Waals surface area contributed by atoms with Crippen LogP contribution in [0.1, 0.15) is 18.9 Å². The Labute approximate surface area is 115 Å². The molecule has 0 aliphatic carbocycles. The summed E-state index contributed by atoms with van der Waals surface area (Å²) in [6.07, 6.45) is 1.11. The van der Waals surface area contributed by atoms with Crippen LogP contribution < -0.4 is 10.6 Å². The topological polar surface area (TPSA) is 27.3 Å². The maximum atomic E-state index is 13.2. The summed E-state index contributed by atoms with van der Waals surface area (Å²) < 4.78 is 13.2. The molecule has 2 N–H and O–H groups in total. The zero-order valence-corrected chi connectivity index (χ0v) is 11.9. The maximum Gasteiger partial charge on any atom is 0.126 e. The molecule has 2 rings (SSSR count). The van der Waals surface area contributed by atoms with Gasteiger partial charge in [-0.15, -0.1) is 0 Å². The number of rotatable bonds is 5. The Morgan fingerprint density at radius 1 is 1.37 bits per heavy atom. The van der Waals surface area contributed by atoms with Crippen LogP contribution in [0.25, 0.3) is 0 Å². The summed E-state index contributed by atoms with van der Waals surface area (Å²) in [5, 5.41) is 6.74. The van der Waals surface area contributed by atoms with Crippen molar-refractivity contribution in [2.75, 3.05) is 38.0 Å². The number of nitrogens with one attached hydrogen (secondary N) is 2. The van der Waals surface area contributed by atoms with Gasteiger partial charge in [0.1, 0.15) is 5.82 Å². The van der Waals surface area contributed by atoms with Crippen LogP contribution in [0.15, 0.2) is 18.2 Å². The Morgan fingerprint density at radius 3 is 2.79 bits per heavy atom. The fourth-order valence-corrected chi connectivity index (χ4v) is 2.49. The minimum Gasteiger partial charge on any atom is -0.385 e. The lowest BCUT2D eigenvalue weighted by atomic mass is 10.1. The molecule has 0 amide bonds. The molecule has 0 spiro atoms. The molecule has 0 aromatic heterocycles. The van der Waals surface area contributed by atoms with Crippen LogP contribution in [0, 0.1) is 12.7 Å². The van der Waals surface area contributed by atoms with Crippen LogP contribution in [0.4, 0.5) is 10.1 Å². The van der Waals surface area contributed by atoms with E-state index in [1.165, 1.54) is 6.07 Å². The molecular weight excluding hydrogens is 241 g/mol. The fourth-order valence-electron chi connectivity index (χ4n) is 2.49. The molecule has 19 heavy (non-hydrogen) atoms. The Hall–Kier alpha value is -1.13. The van der Waals surface area contributed by atoms with Gasteiger partial charge in [0.25, 0.3) is 0 Å². The van der Waals surface area contributed by atoms with Gasteiger partial charge in [-0.3, -0.25) is 4.90 Å². The third-order valence-corrected chi connectivity index (χ3v) is 3.82. The number of anilines is 1. The highest BCUT2D eigenvalue weighted by Crippen LogP contribution is 2.14. The molecule has 1 aliphatic heterocycles.